The maximum absolute atomic E-state index is 10.1. The van der Waals surface area contributed by atoms with Gasteiger partial charge in [-0.3, -0.25) is 4.90 Å². The maximum Gasteiger partial charge on any atom is 0.0695 e. The van der Waals surface area contributed by atoms with Gasteiger partial charge in [0.15, 0.2) is 0 Å². The van der Waals surface area contributed by atoms with Crippen molar-refractivity contribution in [3.05, 3.63) is 0 Å². The Kier molecular flexibility index (Phi) is 5.58. The molecule has 0 bridgehead atoms. The monoisotopic (exact) mass is 215 g/mol. The van der Waals surface area contributed by atoms with E-state index in [9.17, 15) is 5.11 Å². The highest BCUT2D eigenvalue weighted by Crippen LogP contribution is 2.22. The van der Waals surface area contributed by atoms with Crippen molar-refractivity contribution in [3.63, 3.8) is 0 Å². The number of hydrogen-bond acceptors (Lipinski definition) is 3. The van der Waals surface area contributed by atoms with E-state index in [4.69, 9.17) is 4.74 Å². The number of ether oxygens (including phenoxy) is 1. The molecule has 3 nitrogen and oxygen atoms in total. The lowest BCUT2D eigenvalue weighted by molar-refractivity contribution is 0.0176. The number of likely N-dealkylation sites (N-methyl/N-ethyl adjacent to an activating group) is 1. The molecule has 0 aromatic carbocycles. The summed E-state index contributed by atoms with van der Waals surface area (Å²) < 4.78 is 5.16. The molecule has 15 heavy (non-hydrogen) atoms. The Hall–Kier alpha value is -0.120. The van der Waals surface area contributed by atoms with Crippen LogP contribution < -0.4 is 0 Å². The largest absolute Gasteiger partial charge is 0.391 e. The van der Waals surface area contributed by atoms with E-state index in [-0.39, 0.29) is 6.10 Å². The third-order valence-electron chi connectivity index (χ3n) is 3.57. The molecule has 0 radical (unpaired) electrons. The normalized spacial score (nSPS) is 30.2. The van der Waals surface area contributed by atoms with E-state index in [0.29, 0.717) is 12.1 Å². The topological polar surface area (TPSA) is 32.7 Å². The summed E-state index contributed by atoms with van der Waals surface area (Å²) in [5.74, 6) is 0. The Balaban J connectivity index is 2.50. The molecule has 3 atom stereocenters. The van der Waals surface area contributed by atoms with Crippen molar-refractivity contribution in [2.75, 3.05) is 20.8 Å². The molecule has 0 aromatic heterocycles. The Labute approximate surface area is 93.4 Å². The van der Waals surface area contributed by atoms with Crippen molar-refractivity contribution in [1.29, 1.82) is 0 Å². The van der Waals surface area contributed by atoms with Crippen LogP contribution in [0.5, 0.6) is 0 Å². The summed E-state index contributed by atoms with van der Waals surface area (Å²) >= 11 is 0. The minimum absolute atomic E-state index is 0.156. The van der Waals surface area contributed by atoms with Gasteiger partial charge in [-0.15, -0.1) is 0 Å². The lowest BCUT2D eigenvalue weighted by Crippen LogP contribution is -2.46. The van der Waals surface area contributed by atoms with Crippen LogP contribution in [0, 0.1) is 0 Å². The first-order valence-corrected chi connectivity index (χ1v) is 6.05. The summed E-state index contributed by atoms with van der Waals surface area (Å²) in [4.78, 5) is 2.28. The van der Waals surface area contributed by atoms with Crippen LogP contribution >= 0.6 is 0 Å². The van der Waals surface area contributed by atoms with Gasteiger partial charge in [-0.05, 0) is 26.8 Å². The first kappa shape index (κ1) is 12.9. The Morgan fingerprint density at radius 1 is 1.33 bits per heavy atom. The van der Waals surface area contributed by atoms with E-state index in [0.717, 1.165) is 19.4 Å². The summed E-state index contributed by atoms with van der Waals surface area (Å²) in [7, 11) is 3.83. The van der Waals surface area contributed by atoms with Crippen molar-refractivity contribution in [2.24, 2.45) is 0 Å². The molecule has 1 aliphatic rings. The molecule has 0 spiro atoms. The molecule has 0 saturated heterocycles. The third kappa shape index (κ3) is 3.74. The van der Waals surface area contributed by atoms with E-state index >= 15 is 0 Å². The molecule has 0 aromatic rings. The van der Waals surface area contributed by atoms with Crippen LogP contribution in [0.3, 0.4) is 0 Å². The average Bonchev–Trinajstić information content (AvgIpc) is 2.42. The first-order valence-electron chi connectivity index (χ1n) is 6.05. The molecule has 1 fully saturated rings. The van der Waals surface area contributed by atoms with E-state index in [1.165, 1.54) is 19.3 Å². The van der Waals surface area contributed by atoms with Gasteiger partial charge in [0.2, 0.25) is 0 Å². The van der Waals surface area contributed by atoms with Crippen LogP contribution in [0.25, 0.3) is 0 Å². The summed E-state index contributed by atoms with van der Waals surface area (Å²) in [6, 6.07) is 0.699. The number of rotatable bonds is 4. The fourth-order valence-corrected chi connectivity index (χ4v) is 2.43. The molecular formula is C12H25NO2. The van der Waals surface area contributed by atoms with Crippen LogP contribution in [0.4, 0.5) is 0 Å². The number of aliphatic hydroxyl groups excluding tert-OH is 1. The molecule has 90 valence electrons. The highest BCUT2D eigenvalue weighted by Gasteiger charge is 2.27. The van der Waals surface area contributed by atoms with Gasteiger partial charge in [-0.1, -0.05) is 19.3 Å². The summed E-state index contributed by atoms with van der Waals surface area (Å²) in [5, 5.41) is 10.1. The van der Waals surface area contributed by atoms with Gasteiger partial charge in [0.05, 0.1) is 12.7 Å². The number of aliphatic hydroxyl groups is 1. The van der Waals surface area contributed by atoms with E-state index in [2.05, 4.69) is 18.9 Å². The third-order valence-corrected chi connectivity index (χ3v) is 3.57. The first-order chi connectivity index (χ1) is 7.16. The maximum atomic E-state index is 10.1. The molecule has 1 rings (SSSR count). The highest BCUT2D eigenvalue weighted by molar-refractivity contribution is 4.82. The van der Waals surface area contributed by atoms with Gasteiger partial charge in [-0.25, -0.2) is 0 Å². The zero-order chi connectivity index (χ0) is 11.3. The van der Waals surface area contributed by atoms with Crippen LogP contribution in [0.1, 0.15) is 39.0 Å². The van der Waals surface area contributed by atoms with Crippen LogP contribution in [0.2, 0.25) is 0 Å². The van der Waals surface area contributed by atoms with Gasteiger partial charge >= 0.3 is 0 Å². The van der Waals surface area contributed by atoms with E-state index in [1.807, 2.05) is 0 Å². The summed E-state index contributed by atoms with van der Waals surface area (Å²) in [6.45, 7) is 2.89. The van der Waals surface area contributed by atoms with Gasteiger partial charge in [0.25, 0.3) is 0 Å². The van der Waals surface area contributed by atoms with Crippen molar-refractivity contribution in [1.82, 2.24) is 4.90 Å². The molecule has 0 amide bonds. The lowest BCUT2D eigenvalue weighted by atomic mass is 10.0. The Morgan fingerprint density at radius 2 is 2.00 bits per heavy atom. The minimum atomic E-state index is -0.156. The highest BCUT2D eigenvalue weighted by atomic mass is 16.5. The Bertz CT molecular complexity index is 175. The summed E-state index contributed by atoms with van der Waals surface area (Å²) in [6.07, 6.45) is 5.59. The fraction of sp³-hybridized carbons (Fsp3) is 1.00. The van der Waals surface area contributed by atoms with Gasteiger partial charge in [0.1, 0.15) is 0 Å². The van der Waals surface area contributed by atoms with Crippen LogP contribution in [0.15, 0.2) is 0 Å². The quantitative estimate of drug-likeness (QED) is 0.724. The van der Waals surface area contributed by atoms with Crippen molar-refractivity contribution in [2.45, 2.75) is 57.2 Å². The predicted octanol–water partition coefficient (Wildman–Crippen LogP) is 1.65. The second-order valence-electron chi connectivity index (χ2n) is 4.74. The Morgan fingerprint density at radius 3 is 2.67 bits per heavy atom. The SMILES string of the molecule is COCC(C)N(C)C1CCCCCC1O. The standard InChI is InChI=1S/C12H25NO2/c1-10(9-15-3)13(2)11-7-5-4-6-8-12(11)14/h10-12,14H,4-9H2,1-3H3. The lowest BCUT2D eigenvalue weighted by Gasteiger charge is -2.35. The fourth-order valence-electron chi connectivity index (χ4n) is 2.43. The van der Waals surface area contributed by atoms with Crippen LogP contribution in [-0.2, 0) is 4.74 Å². The zero-order valence-corrected chi connectivity index (χ0v) is 10.3. The van der Waals surface area contributed by atoms with Crippen molar-refractivity contribution >= 4 is 0 Å². The summed E-state index contributed by atoms with van der Waals surface area (Å²) in [5.41, 5.74) is 0. The smallest absolute Gasteiger partial charge is 0.0695 e. The molecule has 3 heteroatoms. The predicted molar refractivity (Wildman–Crippen MR) is 62.0 cm³/mol. The van der Waals surface area contributed by atoms with Gasteiger partial charge in [-0.2, -0.15) is 0 Å². The van der Waals surface area contributed by atoms with Gasteiger partial charge in [0, 0.05) is 19.2 Å². The number of hydrogen-bond donors (Lipinski definition) is 1. The molecular weight excluding hydrogens is 190 g/mol. The molecule has 1 saturated carbocycles. The number of nitrogens with zero attached hydrogens (tertiary/aromatic N) is 1. The minimum Gasteiger partial charge on any atom is -0.391 e. The molecule has 1 aliphatic carbocycles. The van der Waals surface area contributed by atoms with E-state index < -0.39 is 0 Å². The molecule has 0 aliphatic heterocycles. The molecule has 0 heterocycles. The second kappa shape index (κ2) is 6.46. The second-order valence-corrected chi connectivity index (χ2v) is 4.74. The number of methoxy groups -OCH3 is 1. The van der Waals surface area contributed by atoms with Crippen LogP contribution in [-0.4, -0.2) is 49.0 Å². The zero-order valence-electron chi connectivity index (χ0n) is 10.3. The average molecular weight is 215 g/mol. The van der Waals surface area contributed by atoms with Gasteiger partial charge < -0.3 is 9.84 Å². The van der Waals surface area contributed by atoms with Crippen molar-refractivity contribution < 1.29 is 9.84 Å². The van der Waals surface area contributed by atoms with E-state index in [1.54, 1.807) is 7.11 Å². The van der Waals surface area contributed by atoms with Crippen molar-refractivity contribution in [3.8, 4) is 0 Å². The molecule has 3 unspecified atom stereocenters. The molecule has 1 N–H and O–H groups in total.